The van der Waals surface area contributed by atoms with Crippen molar-refractivity contribution < 1.29 is 0 Å². The van der Waals surface area contributed by atoms with Gasteiger partial charge in [-0.15, -0.1) is 0 Å². The third-order valence-corrected chi connectivity index (χ3v) is 5.05. The fourth-order valence-electron chi connectivity index (χ4n) is 3.59. The quantitative estimate of drug-likeness (QED) is 0.889. The second-order valence-electron chi connectivity index (χ2n) is 6.38. The standard InChI is InChI=1S/C17H28N4/c1-19-8-10-20(11-9-19)12-13-21-7-6-15-4-2-3-5-16(15)17(21)14-18/h2-5,17H,6-14,18H2,1H3. The van der Waals surface area contributed by atoms with Crippen LogP contribution < -0.4 is 5.73 Å². The largest absolute Gasteiger partial charge is 0.329 e. The molecule has 21 heavy (non-hydrogen) atoms. The molecule has 1 atom stereocenters. The van der Waals surface area contributed by atoms with Crippen LogP contribution in [0.3, 0.4) is 0 Å². The third-order valence-electron chi connectivity index (χ3n) is 5.05. The topological polar surface area (TPSA) is 35.7 Å². The average Bonchev–Trinajstić information content (AvgIpc) is 2.53. The van der Waals surface area contributed by atoms with Crippen LogP contribution in [-0.4, -0.2) is 74.1 Å². The molecular weight excluding hydrogens is 260 g/mol. The zero-order valence-electron chi connectivity index (χ0n) is 13.2. The van der Waals surface area contributed by atoms with Crippen molar-refractivity contribution in [3.05, 3.63) is 35.4 Å². The highest BCUT2D eigenvalue weighted by Gasteiger charge is 2.26. The Kier molecular flexibility index (Phi) is 4.91. The number of fused-ring (bicyclic) bond motifs is 1. The van der Waals surface area contributed by atoms with Crippen LogP contribution in [0.1, 0.15) is 17.2 Å². The SMILES string of the molecule is CN1CCN(CCN2CCc3ccccc3C2CN)CC1. The molecule has 1 unspecified atom stereocenters. The van der Waals surface area contributed by atoms with Crippen LogP contribution in [0, 0.1) is 0 Å². The van der Waals surface area contributed by atoms with E-state index in [-0.39, 0.29) is 0 Å². The van der Waals surface area contributed by atoms with Crippen LogP contribution in [0.25, 0.3) is 0 Å². The minimum atomic E-state index is 0.405. The van der Waals surface area contributed by atoms with E-state index in [1.807, 2.05) is 0 Å². The molecule has 2 aliphatic rings. The van der Waals surface area contributed by atoms with Crippen molar-refractivity contribution in [2.75, 3.05) is 59.4 Å². The lowest BCUT2D eigenvalue weighted by molar-refractivity contribution is 0.117. The fraction of sp³-hybridized carbons (Fsp3) is 0.647. The molecule has 0 aliphatic carbocycles. The van der Waals surface area contributed by atoms with E-state index in [2.05, 4.69) is 46.0 Å². The normalized spacial score (nSPS) is 25.0. The summed E-state index contributed by atoms with van der Waals surface area (Å²) in [6.45, 7) is 8.98. The first kappa shape index (κ1) is 15.0. The van der Waals surface area contributed by atoms with E-state index in [0.29, 0.717) is 6.04 Å². The number of piperazine rings is 1. The molecule has 1 saturated heterocycles. The molecule has 4 heteroatoms. The Balaban J connectivity index is 1.58. The second kappa shape index (κ2) is 6.88. The average molecular weight is 288 g/mol. The van der Waals surface area contributed by atoms with E-state index < -0.39 is 0 Å². The van der Waals surface area contributed by atoms with Gasteiger partial charge in [-0.05, 0) is 24.6 Å². The predicted octanol–water partition coefficient (Wildman–Crippen LogP) is 0.792. The number of likely N-dealkylation sites (N-methyl/N-ethyl adjacent to an activating group) is 1. The molecule has 0 bridgehead atoms. The molecule has 4 nitrogen and oxygen atoms in total. The summed E-state index contributed by atoms with van der Waals surface area (Å²) in [6.07, 6.45) is 1.16. The molecule has 2 aliphatic heterocycles. The minimum Gasteiger partial charge on any atom is -0.329 e. The van der Waals surface area contributed by atoms with Gasteiger partial charge < -0.3 is 10.6 Å². The van der Waals surface area contributed by atoms with Gasteiger partial charge in [-0.2, -0.15) is 0 Å². The van der Waals surface area contributed by atoms with Crippen molar-refractivity contribution in [2.24, 2.45) is 5.73 Å². The molecule has 2 N–H and O–H groups in total. The summed E-state index contributed by atoms with van der Waals surface area (Å²) in [5, 5.41) is 0. The van der Waals surface area contributed by atoms with E-state index in [1.165, 1.54) is 43.9 Å². The number of nitrogens with two attached hydrogens (primary N) is 1. The van der Waals surface area contributed by atoms with Gasteiger partial charge in [0, 0.05) is 58.4 Å². The highest BCUT2D eigenvalue weighted by atomic mass is 15.3. The van der Waals surface area contributed by atoms with E-state index in [4.69, 9.17) is 5.73 Å². The van der Waals surface area contributed by atoms with Crippen molar-refractivity contribution in [1.82, 2.24) is 14.7 Å². The van der Waals surface area contributed by atoms with Crippen molar-refractivity contribution in [3.63, 3.8) is 0 Å². The molecule has 1 aromatic rings. The van der Waals surface area contributed by atoms with Crippen LogP contribution in [0.4, 0.5) is 0 Å². The number of hydrogen-bond acceptors (Lipinski definition) is 4. The summed E-state index contributed by atoms with van der Waals surface area (Å²) in [5.74, 6) is 0. The summed E-state index contributed by atoms with van der Waals surface area (Å²) in [4.78, 5) is 7.59. The summed E-state index contributed by atoms with van der Waals surface area (Å²) >= 11 is 0. The monoisotopic (exact) mass is 288 g/mol. The molecule has 0 spiro atoms. The Morgan fingerprint density at radius 3 is 2.57 bits per heavy atom. The molecule has 2 heterocycles. The van der Waals surface area contributed by atoms with Crippen molar-refractivity contribution >= 4 is 0 Å². The van der Waals surface area contributed by atoms with Gasteiger partial charge >= 0.3 is 0 Å². The lowest BCUT2D eigenvalue weighted by Gasteiger charge is -2.39. The van der Waals surface area contributed by atoms with Gasteiger partial charge in [0.25, 0.3) is 0 Å². The van der Waals surface area contributed by atoms with Crippen LogP contribution in [0.2, 0.25) is 0 Å². The summed E-state index contributed by atoms with van der Waals surface area (Å²) in [7, 11) is 2.21. The Morgan fingerprint density at radius 1 is 1.05 bits per heavy atom. The van der Waals surface area contributed by atoms with Crippen LogP contribution in [-0.2, 0) is 6.42 Å². The van der Waals surface area contributed by atoms with Gasteiger partial charge in [-0.1, -0.05) is 24.3 Å². The highest BCUT2D eigenvalue weighted by molar-refractivity contribution is 5.32. The van der Waals surface area contributed by atoms with Gasteiger partial charge in [0.15, 0.2) is 0 Å². The third kappa shape index (κ3) is 3.46. The molecule has 0 saturated carbocycles. The first-order valence-corrected chi connectivity index (χ1v) is 8.21. The fourth-order valence-corrected chi connectivity index (χ4v) is 3.59. The molecule has 116 valence electrons. The zero-order chi connectivity index (χ0) is 14.7. The maximum atomic E-state index is 6.07. The Hall–Kier alpha value is -0.940. The Morgan fingerprint density at radius 2 is 1.81 bits per heavy atom. The summed E-state index contributed by atoms with van der Waals surface area (Å²) in [6, 6.07) is 9.21. The van der Waals surface area contributed by atoms with Crippen molar-refractivity contribution in [1.29, 1.82) is 0 Å². The number of benzene rings is 1. The van der Waals surface area contributed by atoms with E-state index >= 15 is 0 Å². The summed E-state index contributed by atoms with van der Waals surface area (Å²) < 4.78 is 0. The van der Waals surface area contributed by atoms with Crippen LogP contribution in [0.15, 0.2) is 24.3 Å². The maximum Gasteiger partial charge on any atom is 0.0473 e. The van der Waals surface area contributed by atoms with Gasteiger partial charge in [-0.3, -0.25) is 9.80 Å². The van der Waals surface area contributed by atoms with E-state index in [9.17, 15) is 0 Å². The Bertz CT molecular complexity index is 454. The maximum absolute atomic E-state index is 6.07. The number of rotatable bonds is 4. The molecular formula is C17H28N4. The smallest absolute Gasteiger partial charge is 0.0473 e. The first-order valence-electron chi connectivity index (χ1n) is 8.21. The molecule has 1 aromatic carbocycles. The minimum absolute atomic E-state index is 0.405. The second-order valence-corrected chi connectivity index (χ2v) is 6.38. The van der Waals surface area contributed by atoms with Crippen LogP contribution in [0.5, 0.6) is 0 Å². The predicted molar refractivity (Wildman–Crippen MR) is 87.5 cm³/mol. The Labute approximate surface area is 128 Å². The zero-order valence-corrected chi connectivity index (χ0v) is 13.2. The van der Waals surface area contributed by atoms with Gasteiger partial charge in [0.05, 0.1) is 0 Å². The molecule has 0 radical (unpaired) electrons. The molecule has 1 fully saturated rings. The lowest BCUT2D eigenvalue weighted by atomic mass is 9.92. The number of nitrogens with zero attached hydrogens (tertiary/aromatic N) is 3. The lowest BCUT2D eigenvalue weighted by Crippen LogP contribution is -2.48. The summed E-state index contributed by atoms with van der Waals surface area (Å²) in [5.41, 5.74) is 9.01. The molecule has 0 amide bonds. The number of hydrogen-bond donors (Lipinski definition) is 1. The van der Waals surface area contributed by atoms with Gasteiger partial charge in [-0.25, -0.2) is 0 Å². The van der Waals surface area contributed by atoms with E-state index in [0.717, 1.165) is 26.1 Å². The van der Waals surface area contributed by atoms with Crippen molar-refractivity contribution in [2.45, 2.75) is 12.5 Å². The van der Waals surface area contributed by atoms with Crippen molar-refractivity contribution in [3.8, 4) is 0 Å². The van der Waals surface area contributed by atoms with E-state index in [1.54, 1.807) is 0 Å². The van der Waals surface area contributed by atoms with Gasteiger partial charge in [0.2, 0.25) is 0 Å². The first-order chi connectivity index (χ1) is 10.3. The van der Waals surface area contributed by atoms with Crippen LogP contribution >= 0.6 is 0 Å². The molecule has 0 aromatic heterocycles. The van der Waals surface area contributed by atoms with Gasteiger partial charge in [0.1, 0.15) is 0 Å². The highest BCUT2D eigenvalue weighted by Crippen LogP contribution is 2.28. The molecule has 3 rings (SSSR count).